The molecular formula is C18H20FN3O. The van der Waals surface area contributed by atoms with E-state index in [1.165, 1.54) is 12.1 Å². The highest BCUT2D eigenvalue weighted by molar-refractivity contribution is 5.95. The number of amides is 1. The van der Waals surface area contributed by atoms with Gasteiger partial charge in [-0.25, -0.2) is 14.4 Å². The molecule has 2 aromatic rings. The quantitative estimate of drug-likeness (QED) is 0.854. The van der Waals surface area contributed by atoms with Gasteiger partial charge in [0.25, 0.3) is 5.91 Å². The lowest BCUT2D eigenvalue weighted by Gasteiger charge is -2.34. The second-order valence-corrected chi connectivity index (χ2v) is 6.29. The van der Waals surface area contributed by atoms with Crippen LogP contribution in [-0.4, -0.2) is 27.3 Å². The second-order valence-electron chi connectivity index (χ2n) is 6.29. The van der Waals surface area contributed by atoms with Crippen LogP contribution < -0.4 is 0 Å². The molecule has 0 N–H and O–H groups in total. The molecule has 0 radical (unpaired) electrons. The number of aryl methyl sites for hydroxylation is 2. The van der Waals surface area contributed by atoms with Gasteiger partial charge in [-0.1, -0.05) is 12.1 Å². The Hall–Kier alpha value is -2.30. The summed E-state index contributed by atoms with van der Waals surface area (Å²) in [5.41, 5.74) is 1.25. The lowest BCUT2D eigenvalue weighted by atomic mass is 9.96. The molecule has 2 heterocycles. The zero-order valence-corrected chi connectivity index (χ0v) is 13.6. The van der Waals surface area contributed by atoms with Crippen LogP contribution in [-0.2, 0) is 5.54 Å². The van der Waals surface area contributed by atoms with Crippen molar-refractivity contribution in [3.63, 3.8) is 0 Å². The van der Waals surface area contributed by atoms with E-state index in [0.717, 1.165) is 24.2 Å². The Morgan fingerprint density at radius 2 is 1.87 bits per heavy atom. The van der Waals surface area contributed by atoms with Crippen LogP contribution in [0.2, 0.25) is 0 Å². The predicted octanol–water partition coefficient (Wildman–Crippen LogP) is 3.38. The van der Waals surface area contributed by atoms with Crippen molar-refractivity contribution in [1.29, 1.82) is 0 Å². The number of likely N-dealkylation sites (tertiary alicyclic amines) is 1. The van der Waals surface area contributed by atoms with Gasteiger partial charge >= 0.3 is 0 Å². The van der Waals surface area contributed by atoms with Gasteiger partial charge in [0.05, 0.1) is 5.56 Å². The lowest BCUT2D eigenvalue weighted by molar-refractivity contribution is 0.0598. The summed E-state index contributed by atoms with van der Waals surface area (Å²) in [5, 5.41) is 0. The first-order chi connectivity index (χ1) is 10.9. The van der Waals surface area contributed by atoms with Crippen molar-refractivity contribution in [2.75, 3.05) is 6.54 Å². The molecule has 1 aromatic carbocycles. The molecule has 0 aliphatic carbocycles. The Morgan fingerprint density at radius 3 is 2.52 bits per heavy atom. The molecule has 1 aromatic heterocycles. The molecule has 0 spiro atoms. The Kier molecular flexibility index (Phi) is 3.88. The SMILES string of the molecule is Cc1cc(C)nc(C2(C)CCCN2C(=O)c2ccccc2F)n1. The van der Waals surface area contributed by atoms with Crippen molar-refractivity contribution < 1.29 is 9.18 Å². The first-order valence-electron chi connectivity index (χ1n) is 7.81. The number of nitrogens with zero attached hydrogens (tertiary/aromatic N) is 3. The van der Waals surface area contributed by atoms with Crippen LogP contribution in [0.4, 0.5) is 4.39 Å². The number of aromatic nitrogens is 2. The minimum absolute atomic E-state index is 0.102. The molecule has 1 atom stereocenters. The van der Waals surface area contributed by atoms with Crippen LogP contribution >= 0.6 is 0 Å². The molecule has 1 aliphatic heterocycles. The molecule has 5 heteroatoms. The molecule has 0 bridgehead atoms. The molecule has 3 rings (SSSR count). The van der Waals surface area contributed by atoms with Gasteiger partial charge in [-0.2, -0.15) is 0 Å². The van der Waals surface area contributed by atoms with E-state index >= 15 is 0 Å². The van der Waals surface area contributed by atoms with Crippen molar-refractivity contribution in [2.24, 2.45) is 0 Å². The largest absolute Gasteiger partial charge is 0.326 e. The van der Waals surface area contributed by atoms with E-state index in [-0.39, 0.29) is 11.5 Å². The smallest absolute Gasteiger partial charge is 0.257 e. The molecule has 1 fully saturated rings. The van der Waals surface area contributed by atoms with Crippen molar-refractivity contribution in [1.82, 2.24) is 14.9 Å². The Bertz CT molecular complexity index is 741. The van der Waals surface area contributed by atoms with Gasteiger partial charge in [0, 0.05) is 17.9 Å². The summed E-state index contributed by atoms with van der Waals surface area (Å²) in [6, 6.07) is 8.01. The third-order valence-electron chi connectivity index (χ3n) is 4.45. The second kappa shape index (κ2) is 5.72. The predicted molar refractivity (Wildman–Crippen MR) is 85.5 cm³/mol. The van der Waals surface area contributed by atoms with Crippen LogP contribution in [0, 0.1) is 19.7 Å². The monoisotopic (exact) mass is 313 g/mol. The van der Waals surface area contributed by atoms with Crippen molar-refractivity contribution in [3.8, 4) is 0 Å². The van der Waals surface area contributed by atoms with E-state index < -0.39 is 11.4 Å². The van der Waals surface area contributed by atoms with Gasteiger partial charge in [-0.05, 0) is 51.8 Å². The fraction of sp³-hybridized carbons (Fsp3) is 0.389. The van der Waals surface area contributed by atoms with Crippen LogP contribution in [0.15, 0.2) is 30.3 Å². The molecule has 120 valence electrons. The van der Waals surface area contributed by atoms with E-state index in [9.17, 15) is 9.18 Å². The number of hydrogen-bond acceptors (Lipinski definition) is 3. The highest BCUT2D eigenvalue weighted by Crippen LogP contribution is 2.38. The number of benzene rings is 1. The van der Waals surface area contributed by atoms with E-state index in [1.54, 1.807) is 17.0 Å². The van der Waals surface area contributed by atoms with Crippen LogP contribution in [0.3, 0.4) is 0 Å². The van der Waals surface area contributed by atoms with Crippen LogP contribution in [0.25, 0.3) is 0 Å². The standard InChI is InChI=1S/C18H20FN3O/c1-12-11-13(2)21-17(20-12)18(3)9-6-10-22(18)16(23)14-7-4-5-8-15(14)19/h4-5,7-8,11H,6,9-10H2,1-3H3. The third-order valence-corrected chi connectivity index (χ3v) is 4.45. The van der Waals surface area contributed by atoms with E-state index in [1.807, 2.05) is 26.8 Å². The molecular weight excluding hydrogens is 293 g/mol. The van der Waals surface area contributed by atoms with Crippen molar-refractivity contribution >= 4 is 5.91 Å². The summed E-state index contributed by atoms with van der Waals surface area (Å²) in [5.74, 6) is -0.156. The Labute approximate surface area is 135 Å². The van der Waals surface area contributed by atoms with Crippen molar-refractivity contribution in [2.45, 2.75) is 39.2 Å². The zero-order chi connectivity index (χ0) is 16.6. The Balaban J connectivity index is 2.02. The number of hydrogen-bond donors (Lipinski definition) is 0. The molecule has 1 unspecified atom stereocenters. The van der Waals surface area contributed by atoms with Crippen molar-refractivity contribution in [3.05, 3.63) is 58.9 Å². The van der Waals surface area contributed by atoms with Gasteiger partial charge in [-0.3, -0.25) is 4.79 Å². The summed E-state index contributed by atoms with van der Waals surface area (Å²) in [4.78, 5) is 23.6. The van der Waals surface area contributed by atoms with Gasteiger partial charge in [-0.15, -0.1) is 0 Å². The molecule has 23 heavy (non-hydrogen) atoms. The summed E-state index contributed by atoms with van der Waals surface area (Å²) >= 11 is 0. The first kappa shape index (κ1) is 15.6. The first-order valence-corrected chi connectivity index (χ1v) is 7.81. The van der Waals surface area contributed by atoms with Gasteiger partial charge in [0.1, 0.15) is 11.4 Å². The van der Waals surface area contributed by atoms with E-state index in [4.69, 9.17) is 0 Å². The molecule has 1 aliphatic rings. The average molecular weight is 313 g/mol. The maximum atomic E-state index is 14.0. The fourth-order valence-corrected chi connectivity index (χ4v) is 3.27. The molecule has 4 nitrogen and oxygen atoms in total. The molecule has 1 amide bonds. The number of halogens is 1. The summed E-state index contributed by atoms with van der Waals surface area (Å²) in [7, 11) is 0. The minimum Gasteiger partial charge on any atom is -0.326 e. The maximum Gasteiger partial charge on any atom is 0.257 e. The molecule has 0 saturated carbocycles. The topological polar surface area (TPSA) is 46.1 Å². The summed E-state index contributed by atoms with van der Waals surface area (Å²) in [6.07, 6.45) is 1.63. The number of carbonyl (C=O) groups is 1. The van der Waals surface area contributed by atoms with E-state index in [0.29, 0.717) is 12.4 Å². The minimum atomic E-state index is -0.601. The average Bonchev–Trinajstić information content (AvgIpc) is 2.89. The molecule has 1 saturated heterocycles. The highest BCUT2D eigenvalue weighted by atomic mass is 19.1. The number of rotatable bonds is 2. The van der Waals surface area contributed by atoms with Crippen LogP contribution in [0.1, 0.15) is 47.3 Å². The zero-order valence-electron chi connectivity index (χ0n) is 13.6. The maximum absolute atomic E-state index is 14.0. The third kappa shape index (κ3) is 2.71. The highest BCUT2D eigenvalue weighted by Gasteiger charge is 2.44. The normalized spacial score (nSPS) is 20.8. The Morgan fingerprint density at radius 1 is 1.22 bits per heavy atom. The number of carbonyl (C=O) groups excluding carboxylic acids is 1. The van der Waals surface area contributed by atoms with Gasteiger partial charge in [0.15, 0.2) is 5.82 Å². The van der Waals surface area contributed by atoms with Crippen LogP contribution in [0.5, 0.6) is 0 Å². The van der Waals surface area contributed by atoms with E-state index in [2.05, 4.69) is 9.97 Å². The van der Waals surface area contributed by atoms with Gasteiger partial charge in [0.2, 0.25) is 0 Å². The summed E-state index contributed by atoms with van der Waals surface area (Å²) < 4.78 is 14.0. The fourth-order valence-electron chi connectivity index (χ4n) is 3.27. The summed E-state index contributed by atoms with van der Waals surface area (Å²) in [6.45, 7) is 6.38. The lowest BCUT2D eigenvalue weighted by Crippen LogP contribution is -2.44. The van der Waals surface area contributed by atoms with Gasteiger partial charge < -0.3 is 4.90 Å².